The minimum atomic E-state index is -0.00454. The second-order valence-corrected chi connectivity index (χ2v) is 4.14. The number of amidine groups is 1. The van der Waals surface area contributed by atoms with E-state index in [0.29, 0.717) is 18.7 Å². The van der Waals surface area contributed by atoms with Crippen molar-refractivity contribution in [2.75, 3.05) is 13.6 Å². The van der Waals surface area contributed by atoms with Crippen LogP contribution in [0, 0.1) is 16.1 Å². The molecule has 0 aliphatic carbocycles. The average molecular weight is 292 g/mol. The molecule has 0 bridgehead atoms. The van der Waals surface area contributed by atoms with Crippen molar-refractivity contribution < 1.29 is 5.11 Å². The Balaban J connectivity index is 0.00000110. The van der Waals surface area contributed by atoms with Gasteiger partial charge in [0.15, 0.2) is 0 Å². The van der Waals surface area contributed by atoms with E-state index in [1.165, 1.54) is 11.5 Å². The lowest BCUT2D eigenvalue weighted by molar-refractivity contribution is 0.202. The fourth-order valence-electron chi connectivity index (χ4n) is 1.96. The Labute approximate surface area is 125 Å². The summed E-state index contributed by atoms with van der Waals surface area (Å²) < 4.78 is 0. The molecule has 20 heavy (non-hydrogen) atoms. The molecular formula is C14H20N4OS. The smallest absolute Gasteiger partial charge is 0.150 e. The van der Waals surface area contributed by atoms with Crippen LogP contribution in [-0.4, -0.2) is 40.5 Å². The zero-order chi connectivity index (χ0) is 15.7. The lowest BCUT2D eigenvalue weighted by Gasteiger charge is -2.27. The Kier molecular flexibility index (Phi) is 7.94. The van der Waals surface area contributed by atoms with E-state index in [-0.39, 0.29) is 17.8 Å². The number of aliphatic hydroxyl groups is 1. The van der Waals surface area contributed by atoms with Crippen LogP contribution in [0.15, 0.2) is 49.4 Å². The van der Waals surface area contributed by atoms with E-state index in [4.69, 9.17) is 10.7 Å². The SMILES string of the molecule is C=CCC1N(C)C(=N)C(=C(O)C=C)N1CC=C.N#CS. The summed E-state index contributed by atoms with van der Waals surface area (Å²) in [7, 11) is 1.83. The highest BCUT2D eigenvalue weighted by molar-refractivity contribution is 7.85. The monoisotopic (exact) mass is 292 g/mol. The van der Waals surface area contributed by atoms with Crippen molar-refractivity contribution in [3.8, 4) is 5.40 Å². The number of nitrogens with one attached hydrogen (secondary N) is 1. The van der Waals surface area contributed by atoms with Gasteiger partial charge in [-0.25, -0.2) is 0 Å². The van der Waals surface area contributed by atoms with Crippen LogP contribution in [0.4, 0.5) is 0 Å². The van der Waals surface area contributed by atoms with Crippen LogP contribution in [-0.2, 0) is 0 Å². The molecule has 0 saturated carbocycles. The van der Waals surface area contributed by atoms with Crippen LogP contribution in [0.1, 0.15) is 6.42 Å². The van der Waals surface area contributed by atoms with E-state index in [9.17, 15) is 5.11 Å². The Hall–Kier alpha value is -2.13. The van der Waals surface area contributed by atoms with Crippen LogP contribution < -0.4 is 0 Å². The third-order valence-corrected chi connectivity index (χ3v) is 2.81. The summed E-state index contributed by atoms with van der Waals surface area (Å²) in [6.07, 6.45) is 5.61. The maximum atomic E-state index is 9.82. The first-order valence-corrected chi connectivity index (χ1v) is 6.33. The fraction of sp³-hybridized carbons (Fsp3) is 0.286. The van der Waals surface area contributed by atoms with Gasteiger partial charge in [0.05, 0.1) is 0 Å². The summed E-state index contributed by atoms with van der Waals surface area (Å²) >= 11 is 3.09. The van der Waals surface area contributed by atoms with Gasteiger partial charge in [-0.2, -0.15) is 5.26 Å². The summed E-state index contributed by atoms with van der Waals surface area (Å²) in [5.41, 5.74) is 0.495. The maximum Gasteiger partial charge on any atom is 0.150 e. The molecule has 0 aromatic carbocycles. The summed E-state index contributed by atoms with van der Waals surface area (Å²) in [6.45, 7) is 11.5. The molecule has 1 aliphatic heterocycles. The van der Waals surface area contributed by atoms with Crippen LogP contribution >= 0.6 is 12.6 Å². The van der Waals surface area contributed by atoms with Gasteiger partial charge >= 0.3 is 0 Å². The number of hydrogen-bond donors (Lipinski definition) is 3. The quantitative estimate of drug-likeness (QED) is 0.315. The maximum absolute atomic E-state index is 9.82. The predicted octanol–water partition coefficient (Wildman–Crippen LogP) is 2.65. The van der Waals surface area contributed by atoms with E-state index in [1.54, 1.807) is 17.1 Å². The topological polar surface area (TPSA) is 74.4 Å². The number of rotatable bonds is 5. The van der Waals surface area contributed by atoms with E-state index < -0.39 is 0 Å². The van der Waals surface area contributed by atoms with Gasteiger partial charge in [0, 0.05) is 20.0 Å². The molecule has 1 heterocycles. The van der Waals surface area contributed by atoms with Crippen molar-refractivity contribution >= 4 is 18.5 Å². The van der Waals surface area contributed by atoms with Crippen molar-refractivity contribution in [1.82, 2.24) is 9.80 Å². The van der Waals surface area contributed by atoms with E-state index >= 15 is 0 Å². The summed E-state index contributed by atoms with van der Waals surface area (Å²) in [5, 5.41) is 26.5. The molecule has 0 spiro atoms. The van der Waals surface area contributed by atoms with Gasteiger partial charge in [0.25, 0.3) is 0 Å². The molecule has 1 atom stereocenters. The molecular weight excluding hydrogens is 272 g/mol. The first-order chi connectivity index (χ1) is 9.49. The van der Waals surface area contributed by atoms with Gasteiger partial charge in [0.2, 0.25) is 0 Å². The number of allylic oxidation sites excluding steroid dienone is 1. The predicted molar refractivity (Wildman–Crippen MR) is 85.4 cm³/mol. The minimum absolute atomic E-state index is 0.00454. The highest BCUT2D eigenvalue weighted by atomic mass is 32.1. The Morgan fingerprint density at radius 1 is 1.50 bits per heavy atom. The molecule has 1 fully saturated rings. The van der Waals surface area contributed by atoms with Crippen molar-refractivity contribution in [2.24, 2.45) is 0 Å². The van der Waals surface area contributed by atoms with Gasteiger partial charge in [-0.05, 0) is 6.08 Å². The van der Waals surface area contributed by atoms with Gasteiger partial charge < -0.3 is 14.9 Å². The van der Waals surface area contributed by atoms with E-state index in [1.807, 2.05) is 11.9 Å². The number of nitrogens with zero attached hydrogens (tertiary/aromatic N) is 3. The van der Waals surface area contributed by atoms with Gasteiger partial charge in [0.1, 0.15) is 28.9 Å². The number of thiocyanates is 1. The number of aliphatic hydroxyl groups excluding tert-OH is 1. The third kappa shape index (κ3) is 3.93. The van der Waals surface area contributed by atoms with Crippen LogP contribution in [0.5, 0.6) is 0 Å². The van der Waals surface area contributed by atoms with Crippen molar-refractivity contribution in [3.05, 3.63) is 49.4 Å². The first kappa shape index (κ1) is 17.9. The van der Waals surface area contributed by atoms with Crippen LogP contribution in [0.3, 0.4) is 0 Å². The molecule has 5 nitrogen and oxygen atoms in total. The second kappa shape index (κ2) is 8.88. The number of likely N-dealkylation sites (N-methyl/N-ethyl adjacent to an activating group) is 1. The van der Waals surface area contributed by atoms with Crippen LogP contribution in [0.2, 0.25) is 0 Å². The van der Waals surface area contributed by atoms with Crippen molar-refractivity contribution in [2.45, 2.75) is 12.6 Å². The van der Waals surface area contributed by atoms with Crippen molar-refractivity contribution in [1.29, 1.82) is 10.7 Å². The number of hydrogen-bond acceptors (Lipinski definition) is 5. The molecule has 0 radical (unpaired) electrons. The third-order valence-electron chi connectivity index (χ3n) is 2.81. The fourth-order valence-corrected chi connectivity index (χ4v) is 1.96. The Morgan fingerprint density at radius 3 is 2.45 bits per heavy atom. The average Bonchev–Trinajstić information content (AvgIpc) is 2.65. The molecule has 0 aromatic heterocycles. The molecule has 108 valence electrons. The van der Waals surface area contributed by atoms with Crippen LogP contribution in [0.25, 0.3) is 0 Å². The molecule has 2 N–H and O–H groups in total. The molecule has 1 unspecified atom stereocenters. The van der Waals surface area contributed by atoms with Gasteiger partial charge in [-0.1, -0.05) is 31.4 Å². The lowest BCUT2D eigenvalue weighted by atomic mass is 10.2. The molecule has 0 aromatic rings. The van der Waals surface area contributed by atoms with E-state index in [2.05, 4.69) is 32.4 Å². The highest BCUT2D eigenvalue weighted by Gasteiger charge is 2.37. The van der Waals surface area contributed by atoms with Gasteiger partial charge in [-0.15, -0.1) is 13.2 Å². The number of nitriles is 1. The normalized spacial score (nSPS) is 19.6. The van der Waals surface area contributed by atoms with E-state index in [0.717, 1.165) is 0 Å². The Bertz CT molecular complexity index is 464. The zero-order valence-electron chi connectivity index (χ0n) is 11.6. The molecule has 6 heteroatoms. The molecule has 1 saturated heterocycles. The van der Waals surface area contributed by atoms with Crippen molar-refractivity contribution in [3.63, 3.8) is 0 Å². The molecule has 1 rings (SSSR count). The lowest BCUT2D eigenvalue weighted by Crippen LogP contribution is -2.36. The largest absolute Gasteiger partial charge is 0.506 e. The second-order valence-electron chi connectivity index (χ2n) is 3.94. The van der Waals surface area contributed by atoms with Gasteiger partial charge in [-0.3, -0.25) is 5.41 Å². The zero-order valence-corrected chi connectivity index (χ0v) is 12.5. The molecule has 0 amide bonds. The number of thiol groups is 1. The summed E-state index contributed by atoms with van der Waals surface area (Å²) in [5.74, 6) is 0.311. The first-order valence-electron chi connectivity index (χ1n) is 5.89. The minimum Gasteiger partial charge on any atom is -0.506 e. The highest BCUT2D eigenvalue weighted by Crippen LogP contribution is 2.28. The standard InChI is InChI=1S/C13H19N3O.CHNS/c1-5-8-11-15(4)13(14)12(10(17)7-3)16(11)9-6-2;2-1-3/h5-7,11,14,17H,1-3,8-9H2,4H3;3H. The summed E-state index contributed by atoms with van der Waals surface area (Å²) in [4.78, 5) is 3.73. The molecule has 1 aliphatic rings. The summed E-state index contributed by atoms with van der Waals surface area (Å²) in [6, 6.07) is 0. The Morgan fingerprint density at radius 2 is 2.05 bits per heavy atom.